The number of nitrogens with zero attached hydrogens (tertiary/aromatic N) is 2. The second kappa shape index (κ2) is 6.57. The Labute approximate surface area is 115 Å². The molecule has 0 spiro atoms. The fourth-order valence-corrected chi connectivity index (χ4v) is 2.48. The molecule has 1 aliphatic rings. The molecule has 4 nitrogen and oxygen atoms in total. The Morgan fingerprint density at radius 3 is 2.63 bits per heavy atom. The van der Waals surface area contributed by atoms with Crippen LogP contribution in [0, 0.1) is 0 Å². The van der Waals surface area contributed by atoms with Gasteiger partial charge in [-0.1, -0.05) is 19.1 Å². The lowest BCUT2D eigenvalue weighted by atomic mass is 10.1. The summed E-state index contributed by atoms with van der Waals surface area (Å²) in [6.45, 7) is 6.65. The Bertz CT molecular complexity index is 425. The van der Waals surface area contributed by atoms with Gasteiger partial charge < -0.3 is 10.6 Å². The number of carbonyl (C=O) groups is 1. The predicted octanol–water partition coefficient (Wildman–Crippen LogP) is 1.37. The van der Waals surface area contributed by atoms with Crippen LogP contribution in [0.15, 0.2) is 24.3 Å². The van der Waals surface area contributed by atoms with Crippen LogP contribution < -0.4 is 5.73 Å². The van der Waals surface area contributed by atoms with Crippen molar-refractivity contribution in [2.45, 2.75) is 19.8 Å². The van der Waals surface area contributed by atoms with Crippen LogP contribution >= 0.6 is 0 Å². The highest BCUT2D eigenvalue weighted by molar-refractivity contribution is 5.75. The molecule has 0 atom stereocenters. The summed E-state index contributed by atoms with van der Waals surface area (Å²) in [6.07, 6.45) is 1.63. The van der Waals surface area contributed by atoms with Crippen LogP contribution in [0.4, 0.5) is 5.69 Å². The van der Waals surface area contributed by atoms with E-state index in [0.717, 1.165) is 44.8 Å². The van der Waals surface area contributed by atoms with Gasteiger partial charge in [0.25, 0.3) is 0 Å². The number of nitrogen functional groups attached to an aromatic ring is 1. The number of nitrogens with two attached hydrogens (primary N) is 1. The Kier molecular flexibility index (Phi) is 4.80. The van der Waals surface area contributed by atoms with Gasteiger partial charge in [0, 0.05) is 44.8 Å². The summed E-state index contributed by atoms with van der Waals surface area (Å²) in [5.41, 5.74) is 7.89. The minimum atomic E-state index is 0.274. The fourth-order valence-electron chi connectivity index (χ4n) is 2.48. The first-order valence-electron chi connectivity index (χ1n) is 7.03. The third kappa shape index (κ3) is 3.96. The van der Waals surface area contributed by atoms with Crippen LogP contribution in [0.3, 0.4) is 0 Å². The van der Waals surface area contributed by atoms with Crippen LogP contribution in [0.2, 0.25) is 0 Å². The minimum absolute atomic E-state index is 0.274. The van der Waals surface area contributed by atoms with Gasteiger partial charge in [0.15, 0.2) is 0 Å². The molecule has 1 saturated heterocycles. The van der Waals surface area contributed by atoms with Crippen LogP contribution in [0.1, 0.15) is 18.9 Å². The largest absolute Gasteiger partial charge is 0.399 e. The molecule has 2 rings (SSSR count). The topological polar surface area (TPSA) is 49.6 Å². The van der Waals surface area contributed by atoms with Gasteiger partial charge in [0.1, 0.15) is 0 Å². The van der Waals surface area contributed by atoms with Gasteiger partial charge >= 0.3 is 0 Å². The quantitative estimate of drug-likeness (QED) is 0.833. The van der Waals surface area contributed by atoms with E-state index in [-0.39, 0.29) is 5.91 Å². The average Bonchev–Trinajstić information content (AvgIpc) is 2.45. The maximum absolute atomic E-state index is 11.6. The number of benzene rings is 1. The molecule has 2 N–H and O–H groups in total. The first kappa shape index (κ1) is 13.9. The van der Waals surface area contributed by atoms with E-state index in [1.807, 2.05) is 30.0 Å². The molecule has 0 unspecified atom stereocenters. The lowest BCUT2D eigenvalue weighted by Gasteiger charge is -2.34. The van der Waals surface area contributed by atoms with Gasteiger partial charge in [-0.2, -0.15) is 0 Å². The summed E-state index contributed by atoms with van der Waals surface area (Å²) >= 11 is 0. The van der Waals surface area contributed by atoms with E-state index in [9.17, 15) is 4.79 Å². The molecule has 0 radical (unpaired) electrons. The maximum Gasteiger partial charge on any atom is 0.222 e. The van der Waals surface area contributed by atoms with Gasteiger partial charge in [-0.05, 0) is 24.1 Å². The van der Waals surface area contributed by atoms with Crippen molar-refractivity contribution >= 4 is 11.6 Å². The minimum Gasteiger partial charge on any atom is -0.399 e. The normalized spacial score (nSPS) is 16.6. The lowest BCUT2D eigenvalue weighted by Crippen LogP contribution is -2.48. The molecule has 0 aliphatic carbocycles. The zero-order chi connectivity index (χ0) is 13.7. The van der Waals surface area contributed by atoms with Crippen molar-refractivity contribution in [1.82, 2.24) is 9.80 Å². The van der Waals surface area contributed by atoms with E-state index in [4.69, 9.17) is 5.73 Å². The van der Waals surface area contributed by atoms with E-state index in [0.29, 0.717) is 6.42 Å². The van der Waals surface area contributed by atoms with Crippen LogP contribution in [0.5, 0.6) is 0 Å². The van der Waals surface area contributed by atoms with Crippen molar-refractivity contribution < 1.29 is 4.79 Å². The zero-order valence-corrected chi connectivity index (χ0v) is 11.6. The second-order valence-electron chi connectivity index (χ2n) is 5.07. The zero-order valence-electron chi connectivity index (χ0n) is 11.6. The van der Waals surface area contributed by atoms with Crippen LogP contribution in [0.25, 0.3) is 0 Å². The van der Waals surface area contributed by atoms with Gasteiger partial charge in [-0.25, -0.2) is 0 Å². The first-order chi connectivity index (χ1) is 9.19. The predicted molar refractivity (Wildman–Crippen MR) is 77.9 cm³/mol. The van der Waals surface area contributed by atoms with Crippen molar-refractivity contribution in [3.63, 3.8) is 0 Å². The lowest BCUT2D eigenvalue weighted by molar-refractivity contribution is -0.132. The molecule has 4 heteroatoms. The number of hydrogen-bond donors (Lipinski definition) is 1. The van der Waals surface area contributed by atoms with Crippen molar-refractivity contribution in [3.8, 4) is 0 Å². The molecule has 1 aromatic carbocycles. The van der Waals surface area contributed by atoms with E-state index in [1.54, 1.807) is 0 Å². The number of carbonyl (C=O) groups excluding carboxylic acids is 1. The third-order valence-corrected chi connectivity index (χ3v) is 3.70. The molecular weight excluding hydrogens is 238 g/mol. The Hall–Kier alpha value is -1.55. The highest BCUT2D eigenvalue weighted by atomic mass is 16.2. The SMILES string of the molecule is CCC(=O)N1CCN(CCc2cccc(N)c2)CC1. The fraction of sp³-hybridized carbons (Fsp3) is 0.533. The standard InChI is InChI=1S/C15H23N3O/c1-2-15(19)18-10-8-17(9-11-18)7-6-13-4-3-5-14(16)12-13/h3-5,12H,2,6-11,16H2,1H3. The van der Waals surface area contributed by atoms with Crippen molar-refractivity contribution in [3.05, 3.63) is 29.8 Å². The number of anilines is 1. The highest BCUT2D eigenvalue weighted by Crippen LogP contribution is 2.09. The van der Waals surface area contributed by atoms with Crippen LogP contribution in [-0.4, -0.2) is 48.4 Å². The van der Waals surface area contributed by atoms with Gasteiger partial charge in [0.2, 0.25) is 5.91 Å². The van der Waals surface area contributed by atoms with E-state index < -0.39 is 0 Å². The number of rotatable bonds is 4. The summed E-state index contributed by atoms with van der Waals surface area (Å²) in [4.78, 5) is 16.0. The highest BCUT2D eigenvalue weighted by Gasteiger charge is 2.19. The molecule has 1 fully saturated rings. The molecule has 1 heterocycles. The number of amides is 1. The van der Waals surface area contributed by atoms with E-state index in [2.05, 4.69) is 11.0 Å². The van der Waals surface area contributed by atoms with Gasteiger partial charge in [-0.3, -0.25) is 9.69 Å². The van der Waals surface area contributed by atoms with Crippen LogP contribution in [-0.2, 0) is 11.2 Å². The smallest absolute Gasteiger partial charge is 0.222 e. The van der Waals surface area contributed by atoms with E-state index in [1.165, 1.54) is 5.56 Å². The molecule has 1 aromatic rings. The molecule has 104 valence electrons. The average molecular weight is 261 g/mol. The summed E-state index contributed by atoms with van der Waals surface area (Å²) in [5, 5.41) is 0. The number of piperazine rings is 1. The van der Waals surface area contributed by atoms with Crippen molar-refractivity contribution in [1.29, 1.82) is 0 Å². The van der Waals surface area contributed by atoms with Crippen molar-refractivity contribution in [2.75, 3.05) is 38.5 Å². The van der Waals surface area contributed by atoms with Gasteiger partial charge in [-0.15, -0.1) is 0 Å². The molecular formula is C15H23N3O. The molecule has 0 bridgehead atoms. The summed E-state index contributed by atoms with van der Waals surface area (Å²) in [7, 11) is 0. The molecule has 0 saturated carbocycles. The molecule has 1 amide bonds. The van der Waals surface area contributed by atoms with E-state index >= 15 is 0 Å². The molecule has 1 aliphatic heterocycles. The second-order valence-corrected chi connectivity index (χ2v) is 5.07. The number of hydrogen-bond acceptors (Lipinski definition) is 3. The third-order valence-electron chi connectivity index (χ3n) is 3.70. The van der Waals surface area contributed by atoms with Crippen molar-refractivity contribution in [2.24, 2.45) is 0 Å². The Balaban J connectivity index is 1.75. The Morgan fingerprint density at radius 2 is 2.00 bits per heavy atom. The summed E-state index contributed by atoms with van der Waals surface area (Å²) < 4.78 is 0. The molecule has 0 aromatic heterocycles. The molecule has 19 heavy (non-hydrogen) atoms. The monoisotopic (exact) mass is 261 g/mol. The summed E-state index contributed by atoms with van der Waals surface area (Å²) in [6, 6.07) is 8.07. The summed E-state index contributed by atoms with van der Waals surface area (Å²) in [5.74, 6) is 0.274. The Morgan fingerprint density at radius 1 is 1.26 bits per heavy atom. The van der Waals surface area contributed by atoms with Gasteiger partial charge in [0.05, 0.1) is 0 Å². The maximum atomic E-state index is 11.6. The first-order valence-corrected chi connectivity index (χ1v) is 7.03.